The summed E-state index contributed by atoms with van der Waals surface area (Å²) in [4.78, 5) is 0. The smallest absolute Gasteiger partial charge is 0.0639 e. The number of hydrogen-bond donors (Lipinski definition) is 1. The second-order valence-corrected chi connectivity index (χ2v) is 5.05. The Balaban J connectivity index is 1.76. The minimum absolute atomic E-state index is 0.513. The Hall–Kier alpha value is -1.61. The Morgan fingerprint density at radius 3 is 2.63 bits per heavy atom. The van der Waals surface area contributed by atoms with E-state index >= 15 is 0 Å². The van der Waals surface area contributed by atoms with E-state index in [0.717, 1.165) is 12.8 Å². The largest absolute Gasteiger partial charge is 0.317 e. The molecule has 0 spiro atoms. The van der Waals surface area contributed by atoms with Gasteiger partial charge in [0.1, 0.15) is 0 Å². The summed E-state index contributed by atoms with van der Waals surface area (Å²) in [7, 11) is 4.00. The summed E-state index contributed by atoms with van der Waals surface area (Å²) >= 11 is 0. The van der Waals surface area contributed by atoms with Crippen molar-refractivity contribution in [1.29, 1.82) is 0 Å². The van der Waals surface area contributed by atoms with Crippen LogP contribution >= 0.6 is 0 Å². The highest BCUT2D eigenvalue weighted by Gasteiger charge is 2.09. The van der Waals surface area contributed by atoms with Crippen LogP contribution in [0, 0.1) is 0 Å². The van der Waals surface area contributed by atoms with E-state index in [-0.39, 0.29) is 0 Å². The van der Waals surface area contributed by atoms with Gasteiger partial charge in [-0.3, -0.25) is 4.68 Å². The molecular formula is C16H23N3. The molecule has 1 aromatic heterocycles. The molecule has 2 rings (SSSR count). The summed E-state index contributed by atoms with van der Waals surface area (Å²) in [6.45, 7) is 0. The van der Waals surface area contributed by atoms with Crippen LogP contribution in [0.4, 0.5) is 0 Å². The summed E-state index contributed by atoms with van der Waals surface area (Å²) in [6.07, 6.45) is 6.56. The van der Waals surface area contributed by atoms with Crippen molar-refractivity contribution in [3.8, 4) is 0 Å². The molecule has 0 saturated carbocycles. The average molecular weight is 257 g/mol. The zero-order valence-electron chi connectivity index (χ0n) is 11.8. The lowest BCUT2D eigenvalue weighted by Gasteiger charge is -2.14. The van der Waals surface area contributed by atoms with E-state index in [0.29, 0.717) is 6.04 Å². The summed E-state index contributed by atoms with van der Waals surface area (Å²) in [5, 5.41) is 7.84. The third-order valence-electron chi connectivity index (χ3n) is 3.49. The second kappa shape index (κ2) is 7.10. The molecule has 0 aliphatic rings. The van der Waals surface area contributed by atoms with Gasteiger partial charge in [-0.1, -0.05) is 30.3 Å². The molecule has 2 aromatic rings. The Morgan fingerprint density at radius 2 is 2.00 bits per heavy atom. The number of aryl methyl sites for hydroxylation is 2. The van der Waals surface area contributed by atoms with Crippen molar-refractivity contribution >= 4 is 0 Å². The van der Waals surface area contributed by atoms with Crippen LogP contribution in [0.2, 0.25) is 0 Å². The molecule has 1 aromatic carbocycles. The summed E-state index contributed by atoms with van der Waals surface area (Å²) < 4.78 is 1.87. The molecular weight excluding hydrogens is 234 g/mol. The summed E-state index contributed by atoms with van der Waals surface area (Å²) in [6, 6.07) is 13.3. The van der Waals surface area contributed by atoms with Crippen molar-refractivity contribution in [3.05, 3.63) is 53.9 Å². The van der Waals surface area contributed by atoms with Gasteiger partial charge in [0, 0.05) is 25.7 Å². The topological polar surface area (TPSA) is 29.9 Å². The SMILES string of the molecule is CNC(CCCc1ccccc1)Cc1ccn(C)n1. The van der Waals surface area contributed by atoms with Gasteiger partial charge in [0.05, 0.1) is 5.69 Å². The quantitative estimate of drug-likeness (QED) is 0.826. The van der Waals surface area contributed by atoms with E-state index < -0.39 is 0 Å². The molecule has 3 nitrogen and oxygen atoms in total. The number of hydrogen-bond acceptors (Lipinski definition) is 2. The Kier molecular flexibility index (Phi) is 5.16. The molecule has 0 saturated heterocycles. The minimum Gasteiger partial charge on any atom is -0.317 e. The van der Waals surface area contributed by atoms with Crippen LogP contribution in [-0.4, -0.2) is 22.9 Å². The minimum atomic E-state index is 0.513. The molecule has 3 heteroatoms. The van der Waals surface area contributed by atoms with E-state index in [1.807, 2.05) is 25.0 Å². The molecule has 1 N–H and O–H groups in total. The van der Waals surface area contributed by atoms with Gasteiger partial charge in [-0.05, 0) is 37.9 Å². The fourth-order valence-corrected chi connectivity index (χ4v) is 2.37. The van der Waals surface area contributed by atoms with E-state index in [1.165, 1.54) is 24.1 Å². The first-order valence-electron chi connectivity index (χ1n) is 6.97. The van der Waals surface area contributed by atoms with Gasteiger partial charge >= 0.3 is 0 Å². The first-order chi connectivity index (χ1) is 9.28. The van der Waals surface area contributed by atoms with Gasteiger partial charge in [-0.15, -0.1) is 0 Å². The molecule has 1 unspecified atom stereocenters. The van der Waals surface area contributed by atoms with Crippen LogP contribution in [0.1, 0.15) is 24.1 Å². The number of aromatic nitrogens is 2. The van der Waals surface area contributed by atoms with Crippen LogP contribution < -0.4 is 5.32 Å². The number of rotatable bonds is 7. The van der Waals surface area contributed by atoms with Gasteiger partial charge in [-0.25, -0.2) is 0 Å². The third-order valence-corrected chi connectivity index (χ3v) is 3.49. The number of likely N-dealkylation sites (N-methyl/N-ethyl adjacent to an activating group) is 1. The predicted octanol–water partition coefficient (Wildman–Crippen LogP) is 2.57. The molecule has 0 bridgehead atoms. The Labute approximate surface area is 115 Å². The fraction of sp³-hybridized carbons (Fsp3) is 0.438. The molecule has 19 heavy (non-hydrogen) atoms. The van der Waals surface area contributed by atoms with Crippen LogP contribution in [0.25, 0.3) is 0 Å². The highest BCUT2D eigenvalue weighted by atomic mass is 15.2. The van der Waals surface area contributed by atoms with Crippen LogP contribution in [0.5, 0.6) is 0 Å². The molecule has 0 aliphatic heterocycles. The van der Waals surface area contributed by atoms with Crippen molar-refractivity contribution in [1.82, 2.24) is 15.1 Å². The standard InChI is InChI=1S/C16H23N3/c1-17-15(13-16-11-12-19(2)18-16)10-6-9-14-7-4-3-5-8-14/h3-5,7-8,11-12,15,17H,6,9-10,13H2,1-2H3. The van der Waals surface area contributed by atoms with E-state index in [4.69, 9.17) is 0 Å². The van der Waals surface area contributed by atoms with E-state index in [9.17, 15) is 0 Å². The van der Waals surface area contributed by atoms with Crippen molar-refractivity contribution in [3.63, 3.8) is 0 Å². The van der Waals surface area contributed by atoms with Crippen molar-refractivity contribution in [2.75, 3.05) is 7.05 Å². The van der Waals surface area contributed by atoms with E-state index in [1.54, 1.807) is 0 Å². The zero-order valence-corrected chi connectivity index (χ0v) is 11.8. The normalized spacial score (nSPS) is 12.5. The number of benzene rings is 1. The maximum atomic E-state index is 4.44. The first-order valence-corrected chi connectivity index (χ1v) is 6.97. The molecule has 1 atom stereocenters. The maximum absolute atomic E-state index is 4.44. The van der Waals surface area contributed by atoms with Gasteiger partial charge in [-0.2, -0.15) is 5.10 Å². The lowest BCUT2D eigenvalue weighted by molar-refractivity contribution is 0.495. The molecule has 1 heterocycles. The lowest BCUT2D eigenvalue weighted by atomic mass is 10.0. The van der Waals surface area contributed by atoms with Crippen molar-refractivity contribution in [2.45, 2.75) is 31.7 Å². The zero-order chi connectivity index (χ0) is 13.5. The second-order valence-electron chi connectivity index (χ2n) is 5.05. The van der Waals surface area contributed by atoms with Crippen molar-refractivity contribution in [2.24, 2.45) is 7.05 Å². The fourth-order valence-electron chi connectivity index (χ4n) is 2.37. The molecule has 0 aliphatic carbocycles. The molecule has 0 amide bonds. The van der Waals surface area contributed by atoms with Crippen LogP contribution in [0.15, 0.2) is 42.6 Å². The predicted molar refractivity (Wildman–Crippen MR) is 79.1 cm³/mol. The lowest BCUT2D eigenvalue weighted by Crippen LogP contribution is -2.27. The van der Waals surface area contributed by atoms with Crippen LogP contribution in [-0.2, 0) is 19.9 Å². The molecule has 0 radical (unpaired) electrons. The van der Waals surface area contributed by atoms with Gasteiger partial charge < -0.3 is 5.32 Å². The highest BCUT2D eigenvalue weighted by Crippen LogP contribution is 2.09. The monoisotopic (exact) mass is 257 g/mol. The van der Waals surface area contributed by atoms with Crippen molar-refractivity contribution < 1.29 is 0 Å². The van der Waals surface area contributed by atoms with E-state index in [2.05, 4.69) is 46.8 Å². The summed E-state index contributed by atoms with van der Waals surface area (Å²) in [5.74, 6) is 0. The Bertz CT molecular complexity index is 476. The van der Waals surface area contributed by atoms with Gasteiger partial charge in [0.15, 0.2) is 0 Å². The number of nitrogens with zero attached hydrogens (tertiary/aromatic N) is 2. The number of nitrogens with one attached hydrogen (secondary N) is 1. The average Bonchev–Trinajstić information content (AvgIpc) is 2.84. The molecule has 102 valence electrons. The maximum Gasteiger partial charge on any atom is 0.0639 e. The van der Waals surface area contributed by atoms with Gasteiger partial charge in [0.2, 0.25) is 0 Å². The molecule has 0 fully saturated rings. The first kappa shape index (κ1) is 13.8. The third kappa shape index (κ3) is 4.52. The highest BCUT2D eigenvalue weighted by molar-refractivity contribution is 5.14. The summed E-state index contributed by atoms with van der Waals surface area (Å²) in [5.41, 5.74) is 2.59. The van der Waals surface area contributed by atoms with Crippen LogP contribution in [0.3, 0.4) is 0 Å². The van der Waals surface area contributed by atoms with Gasteiger partial charge in [0.25, 0.3) is 0 Å². The Morgan fingerprint density at radius 1 is 1.21 bits per heavy atom.